The average molecular weight is 449 g/mol. The zero-order valence-electron chi connectivity index (χ0n) is 16.7. The highest BCUT2D eigenvalue weighted by Gasteiger charge is 2.23. The van der Waals surface area contributed by atoms with Crippen molar-refractivity contribution in [2.24, 2.45) is 0 Å². The van der Waals surface area contributed by atoms with E-state index in [4.69, 9.17) is 20.8 Å². The molecule has 30 heavy (non-hydrogen) atoms. The number of carbonyl (C=O) groups excluding carboxylic acids is 1. The molecule has 0 fully saturated rings. The molecule has 3 aromatic rings. The van der Waals surface area contributed by atoms with Gasteiger partial charge in [0.2, 0.25) is 0 Å². The number of halogens is 1. The number of nitrogens with zero attached hydrogens (tertiary/aromatic N) is 1. The molecular formula is C21H21ClN2O5S. The van der Waals surface area contributed by atoms with E-state index in [1.807, 2.05) is 13.0 Å². The Bertz CT molecular complexity index is 1170. The molecule has 1 N–H and O–H groups in total. The van der Waals surface area contributed by atoms with Gasteiger partial charge in [0.1, 0.15) is 22.2 Å². The summed E-state index contributed by atoms with van der Waals surface area (Å²) in [4.78, 5) is 14.0. The maximum Gasteiger partial charge on any atom is 0.263 e. The Morgan fingerprint density at radius 2 is 1.90 bits per heavy atom. The summed E-state index contributed by atoms with van der Waals surface area (Å²) in [6.45, 7) is 2.06. The molecule has 158 valence electrons. The number of amides is 1. The number of rotatable bonds is 7. The molecule has 0 aliphatic heterocycles. The van der Waals surface area contributed by atoms with Crippen molar-refractivity contribution in [3.05, 3.63) is 76.7 Å². The van der Waals surface area contributed by atoms with Crippen LogP contribution in [0.1, 0.15) is 21.9 Å². The van der Waals surface area contributed by atoms with Crippen molar-refractivity contribution in [1.29, 1.82) is 0 Å². The third kappa shape index (κ3) is 4.77. The number of sulfonamides is 1. The quantitative estimate of drug-likeness (QED) is 0.581. The van der Waals surface area contributed by atoms with Gasteiger partial charge in [-0.1, -0.05) is 23.7 Å². The molecular weight excluding hydrogens is 428 g/mol. The fourth-order valence-electron chi connectivity index (χ4n) is 2.87. The van der Waals surface area contributed by atoms with Crippen molar-refractivity contribution in [3.8, 4) is 5.75 Å². The summed E-state index contributed by atoms with van der Waals surface area (Å²) in [6, 6.07) is 14.3. The van der Waals surface area contributed by atoms with Crippen molar-refractivity contribution < 1.29 is 22.4 Å². The van der Waals surface area contributed by atoms with E-state index in [2.05, 4.69) is 4.72 Å². The normalized spacial score (nSPS) is 11.2. The van der Waals surface area contributed by atoms with Gasteiger partial charge in [-0.15, -0.1) is 0 Å². The van der Waals surface area contributed by atoms with E-state index in [9.17, 15) is 13.2 Å². The molecule has 0 bridgehead atoms. The monoisotopic (exact) mass is 448 g/mol. The molecule has 0 atom stereocenters. The molecule has 1 heterocycles. The van der Waals surface area contributed by atoms with Gasteiger partial charge in [-0.05, 0) is 49.4 Å². The standard InChI is InChI=1S/C21H21ClN2O5S/c1-14-8-10-16(29-14)13-24(2)21(25)15-9-11-17(22)20(12-15)30(26,27)23-18-6-4-5-7-19(18)28-3/h4-12,23H,13H2,1-3H3. The van der Waals surface area contributed by atoms with Crippen LogP contribution in [0.15, 0.2) is 63.9 Å². The number of para-hydroxylation sites is 2. The van der Waals surface area contributed by atoms with Crippen LogP contribution in [0.5, 0.6) is 5.75 Å². The number of hydrogen-bond acceptors (Lipinski definition) is 5. The molecule has 0 unspecified atom stereocenters. The van der Waals surface area contributed by atoms with Crippen molar-refractivity contribution in [3.63, 3.8) is 0 Å². The lowest BCUT2D eigenvalue weighted by atomic mass is 10.2. The minimum atomic E-state index is -4.07. The first-order chi connectivity index (χ1) is 14.2. The number of hydrogen-bond donors (Lipinski definition) is 1. The van der Waals surface area contributed by atoms with E-state index in [-0.39, 0.29) is 33.6 Å². The van der Waals surface area contributed by atoms with Crippen LogP contribution in [0.25, 0.3) is 0 Å². The summed E-state index contributed by atoms with van der Waals surface area (Å²) >= 11 is 6.15. The molecule has 2 aromatic carbocycles. The Morgan fingerprint density at radius 3 is 2.57 bits per heavy atom. The van der Waals surface area contributed by atoms with Crippen LogP contribution in [-0.4, -0.2) is 33.4 Å². The molecule has 0 saturated heterocycles. The number of nitrogens with one attached hydrogen (secondary N) is 1. The highest BCUT2D eigenvalue weighted by Crippen LogP contribution is 2.29. The second kappa shape index (κ2) is 8.81. The predicted octanol–water partition coefficient (Wildman–Crippen LogP) is 4.32. The Morgan fingerprint density at radius 1 is 1.17 bits per heavy atom. The predicted molar refractivity (Wildman–Crippen MR) is 114 cm³/mol. The van der Waals surface area contributed by atoms with Gasteiger partial charge in [-0.3, -0.25) is 9.52 Å². The molecule has 0 spiro atoms. The number of benzene rings is 2. The fraction of sp³-hybridized carbons (Fsp3) is 0.190. The summed E-state index contributed by atoms with van der Waals surface area (Å²) in [5, 5.41) is -0.00161. The first kappa shape index (κ1) is 21.7. The summed E-state index contributed by atoms with van der Waals surface area (Å²) in [5.41, 5.74) is 0.448. The number of carbonyl (C=O) groups is 1. The number of ether oxygens (including phenoxy) is 1. The van der Waals surface area contributed by atoms with Gasteiger partial charge in [0.05, 0.1) is 24.4 Å². The molecule has 0 saturated carbocycles. The lowest BCUT2D eigenvalue weighted by Gasteiger charge is -2.17. The largest absolute Gasteiger partial charge is 0.495 e. The van der Waals surface area contributed by atoms with Gasteiger partial charge >= 0.3 is 0 Å². The smallest absolute Gasteiger partial charge is 0.263 e. The van der Waals surface area contributed by atoms with E-state index in [0.29, 0.717) is 11.5 Å². The Labute approximate surface area is 180 Å². The second-order valence-electron chi connectivity index (χ2n) is 6.62. The second-order valence-corrected chi connectivity index (χ2v) is 8.68. The van der Waals surface area contributed by atoms with E-state index in [1.165, 1.54) is 30.2 Å². The summed E-state index contributed by atoms with van der Waals surface area (Å²) in [6.07, 6.45) is 0. The highest BCUT2D eigenvalue weighted by atomic mass is 35.5. The van der Waals surface area contributed by atoms with Crippen LogP contribution in [0, 0.1) is 6.92 Å². The Hall–Kier alpha value is -2.97. The zero-order chi connectivity index (χ0) is 21.9. The lowest BCUT2D eigenvalue weighted by Crippen LogP contribution is -2.26. The molecule has 0 aliphatic carbocycles. The van der Waals surface area contributed by atoms with Gasteiger partial charge in [0.15, 0.2) is 0 Å². The molecule has 7 nitrogen and oxygen atoms in total. The molecule has 9 heteroatoms. The third-order valence-electron chi connectivity index (χ3n) is 4.35. The van der Waals surface area contributed by atoms with Gasteiger partial charge in [0.25, 0.3) is 15.9 Å². The topological polar surface area (TPSA) is 88.8 Å². The van der Waals surface area contributed by atoms with Crippen LogP contribution in [0.4, 0.5) is 5.69 Å². The van der Waals surface area contributed by atoms with Crippen molar-refractivity contribution >= 4 is 33.2 Å². The van der Waals surface area contributed by atoms with Crippen LogP contribution >= 0.6 is 11.6 Å². The van der Waals surface area contributed by atoms with E-state index < -0.39 is 10.0 Å². The maximum atomic E-state index is 12.9. The van der Waals surface area contributed by atoms with Crippen LogP contribution in [0.3, 0.4) is 0 Å². The first-order valence-corrected chi connectivity index (χ1v) is 10.8. The number of aryl methyl sites for hydroxylation is 1. The summed E-state index contributed by atoms with van der Waals surface area (Å²) in [5.74, 6) is 1.36. The van der Waals surface area contributed by atoms with Crippen molar-refractivity contribution in [1.82, 2.24) is 4.90 Å². The highest BCUT2D eigenvalue weighted by molar-refractivity contribution is 7.92. The van der Waals surface area contributed by atoms with Gasteiger partial charge in [-0.2, -0.15) is 0 Å². The lowest BCUT2D eigenvalue weighted by molar-refractivity contribution is 0.0774. The molecule has 3 rings (SSSR count). The Balaban J connectivity index is 1.87. The zero-order valence-corrected chi connectivity index (χ0v) is 18.3. The van der Waals surface area contributed by atoms with Crippen LogP contribution < -0.4 is 9.46 Å². The van der Waals surface area contributed by atoms with Crippen molar-refractivity contribution in [2.45, 2.75) is 18.4 Å². The number of methoxy groups -OCH3 is 1. The first-order valence-electron chi connectivity index (χ1n) is 8.97. The van der Waals surface area contributed by atoms with Crippen molar-refractivity contribution in [2.75, 3.05) is 18.9 Å². The van der Waals surface area contributed by atoms with E-state index in [0.717, 1.165) is 5.76 Å². The van der Waals surface area contributed by atoms with Crippen LogP contribution in [-0.2, 0) is 16.6 Å². The van der Waals surface area contributed by atoms with Crippen LogP contribution in [0.2, 0.25) is 5.02 Å². The summed E-state index contributed by atoms with van der Waals surface area (Å²) < 4.78 is 39.0. The van der Waals surface area contributed by atoms with Gasteiger partial charge in [-0.25, -0.2) is 8.42 Å². The minimum absolute atomic E-state index is 0.00161. The Kier molecular flexibility index (Phi) is 6.38. The molecule has 0 radical (unpaired) electrons. The third-order valence-corrected chi connectivity index (χ3v) is 6.20. The number of anilines is 1. The minimum Gasteiger partial charge on any atom is -0.495 e. The van der Waals surface area contributed by atoms with Gasteiger partial charge in [0, 0.05) is 12.6 Å². The van der Waals surface area contributed by atoms with E-state index in [1.54, 1.807) is 37.4 Å². The van der Waals surface area contributed by atoms with E-state index >= 15 is 0 Å². The molecule has 1 aromatic heterocycles. The number of furan rings is 1. The molecule has 1 amide bonds. The molecule has 0 aliphatic rings. The SMILES string of the molecule is COc1ccccc1NS(=O)(=O)c1cc(C(=O)N(C)Cc2ccc(C)o2)ccc1Cl. The maximum absolute atomic E-state index is 12.9. The average Bonchev–Trinajstić information content (AvgIpc) is 3.12. The van der Waals surface area contributed by atoms with Gasteiger partial charge < -0.3 is 14.1 Å². The fourth-order valence-corrected chi connectivity index (χ4v) is 4.46. The summed E-state index contributed by atoms with van der Waals surface area (Å²) in [7, 11) is -1.02.